The van der Waals surface area contributed by atoms with Crippen molar-refractivity contribution in [2.24, 2.45) is 0 Å². The molecule has 0 aliphatic rings. The van der Waals surface area contributed by atoms with Gasteiger partial charge in [-0.15, -0.1) is 5.10 Å². The van der Waals surface area contributed by atoms with E-state index in [2.05, 4.69) is 31.1 Å². The van der Waals surface area contributed by atoms with Crippen LogP contribution in [0, 0.1) is 13.8 Å². The molecule has 1 aromatic carbocycles. The molecule has 0 aliphatic heterocycles. The van der Waals surface area contributed by atoms with Crippen molar-refractivity contribution < 1.29 is 9.32 Å². The SMILES string of the molecule is Cc1nc(Cn2nnc(NC(=O)N[C@H](C)c3ccccc3)c2C)no1. The van der Waals surface area contributed by atoms with Crippen LogP contribution in [0.4, 0.5) is 10.6 Å². The van der Waals surface area contributed by atoms with Crippen molar-refractivity contribution in [3.05, 3.63) is 53.3 Å². The summed E-state index contributed by atoms with van der Waals surface area (Å²) in [5.41, 5.74) is 1.72. The summed E-state index contributed by atoms with van der Waals surface area (Å²) >= 11 is 0. The van der Waals surface area contributed by atoms with Crippen LogP contribution in [0.3, 0.4) is 0 Å². The molecule has 0 saturated carbocycles. The highest BCUT2D eigenvalue weighted by atomic mass is 16.5. The van der Waals surface area contributed by atoms with Crippen LogP contribution in [0.5, 0.6) is 0 Å². The summed E-state index contributed by atoms with van der Waals surface area (Å²) in [6, 6.07) is 9.24. The molecule has 0 radical (unpaired) electrons. The summed E-state index contributed by atoms with van der Waals surface area (Å²) in [6.07, 6.45) is 0. The van der Waals surface area contributed by atoms with Crippen LogP contribution in [0.1, 0.15) is 35.9 Å². The fourth-order valence-electron chi connectivity index (χ4n) is 2.33. The average Bonchev–Trinajstić information content (AvgIpc) is 3.16. The third-order valence-electron chi connectivity index (χ3n) is 3.72. The van der Waals surface area contributed by atoms with E-state index < -0.39 is 0 Å². The van der Waals surface area contributed by atoms with E-state index in [0.717, 1.165) is 5.56 Å². The number of rotatable bonds is 5. The van der Waals surface area contributed by atoms with Crippen molar-refractivity contribution in [3.8, 4) is 0 Å². The first kappa shape index (κ1) is 16.6. The molecular formula is C16H19N7O2. The minimum Gasteiger partial charge on any atom is -0.340 e. The lowest BCUT2D eigenvalue weighted by Crippen LogP contribution is -2.31. The molecule has 0 bridgehead atoms. The second kappa shape index (κ2) is 7.12. The fraction of sp³-hybridized carbons (Fsp3) is 0.312. The van der Waals surface area contributed by atoms with Crippen LogP contribution in [-0.4, -0.2) is 31.2 Å². The summed E-state index contributed by atoms with van der Waals surface area (Å²) in [5.74, 6) is 1.37. The van der Waals surface area contributed by atoms with Crippen LogP contribution >= 0.6 is 0 Å². The lowest BCUT2D eigenvalue weighted by Gasteiger charge is -2.14. The maximum absolute atomic E-state index is 12.2. The van der Waals surface area contributed by atoms with Crippen molar-refractivity contribution in [2.45, 2.75) is 33.4 Å². The first-order chi connectivity index (χ1) is 12.0. The molecule has 1 atom stereocenters. The quantitative estimate of drug-likeness (QED) is 0.736. The van der Waals surface area contributed by atoms with Gasteiger partial charge in [0.25, 0.3) is 0 Å². The van der Waals surface area contributed by atoms with Gasteiger partial charge in [0.05, 0.1) is 11.7 Å². The first-order valence-electron chi connectivity index (χ1n) is 7.84. The minimum absolute atomic E-state index is 0.126. The fourth-order valence-corrected chi connectivity index (χ4v) is 2.33. The minimum atomic E-state index is -0.345. The van der Waals surface area contributed by atoms with E-state index in [9.17, 15) is 4.79 Å². The standard InChI is InChI=1S/C16H19N7O2/c1-10(13-7-5-4-6-8-13)17-16(24)19-15-11(2)23(22-20-15)9-14-18-12(3)25-21-14/h4-8,10H,9H2,1-3H3,(H2,17,19,24)/t10-/m1/s1. The van der Waals surface area contributed by atoms with Crippen molar-refractivity contribution in [1.29, 1.82) is 0 Å². The third kappa shape index (κ3) is 4.00. The zero-order valence-electron chi connectivity index (χ0n) is 14.2. The molecular weight excluding hydrogens is 322 g/mol. The van der Waals surface area contributed by atoms with Gasteiger partial charge in [0.1, 0.15) is 6.54 Å². The topological polar surface area (TPSA) is 111 Å². The number of amides is 2. The number of carbonyl (C=O) groups excluding carboxylic acids is 1. The molecule has 3 aromatic rings. The van der Waals surface area contributed by atoms with Crippen molar-refractivity contribution >= 4 is 11.8 Å². The maximum atomic E-state index is 12.2. The molecule has 9 nitrogen and oxygen atoms in total. The molecule has 0 saturated heterocycles. The van der Waals surface area contributed by atoms with Crippen LogP contribution in [0.2, 0.25) is 0 Å². The Bertz CT molecular complexity index is 857. The van der Waals surface area contributed by atoms with E-state index in [0.29, 0.717) is 29.8 Å². The van der Waals surface area contributed by atoms with Crippen LogP contribution in [0.25, 0.3) is 0 Å². The Morgan fingerprint density at radius 3 is 2.72 bits per heavy atom. The Hall–Kier alpha value is -3.23. The van der Waals surface area contributed by atoms with Gasteiger partial charge in [0.15, 0.2) is 11.6 Å². The summed E-state index contributed by atoms with van der Waals surface area (Å²) < 4.78 is 6.53. The van der Waals surface area contributed by atoms with Crippen molar-refractivity contribution in [2.75, 3.05) is 5.32 Å². The first-order valence-corrected chi connectivity index (χ1v) is 7.84. The highest BCUT2D eigenvalue weighted by molar-refractivity contribution is 5.88. The molecule has 0 aliphatic carbocycles. The second-order valence-corrected chi connectivity index (χ2v) is 5.64. The number of carbonyl (C=O) groups is 1. The number of nitrogens with one attached hydrogen (secondary N) is 2. The van der Waals surface area contributed by atoms with Crippen molar-refractivity contribution in [3.63, 3.8) is 0 Å². The monoisotopic (exact) mass is 341 g/mol. The Labute approximate surface area is 144 Å². The predicted octanol–water partition coefficient (Wildman–Crippen LogP) is 2.21. The van der Waals surface area contributed by atoms with E-state index >= 15 is 0 Å². The largest absolute Gasteiger partial charge is 0.340 e. The Morgan fingerprint density at radius 1 is 1.28 bits per heavy atom. The van der Waals surface area contributed by atoms with Gasteiger partial charge in [-0.1, -0.05) is 40.7 Å². The number of hydrogen-bond donors (Lipinski definition) is 2. The smallest absolute Gasteiger partial charge is 0.320 e. The maximum Gasteiger partial charge on any atom is 0.320 e. The van der Waals surface area contributed by atoms with Gasteiger partial charge in [-0.05, 0) is 19.4 Å². The highest BCUT2D eigenvalue weighted by Gasteiger charge is 2.15. The number of aromatic nitrogens is 5. The molecule has 2 N–H and O–H groups in total. The van der Waals surface area contributed by atoms with Gasteiger partial charge in [0, 0.05) is 6.92 Å². The molecule has 0 unspecified atom stereocenters. The molecule has 9 heteroatoms. The lowest BCUT2D eigenvalue weighted by molar-refractivity contribution is 0.249. The molecule has 2 amide bonds. The van der Waals surface area contributed by atoms with Gasteiger partial charge in [-0.25, -0.2) is 9.48 Å². The Morgan fingerprint density at radius 2 is 2.04 bits per heavy atom. The molecule has 2 heterocycles. The molecule has 25 heavy (non-hydrogen) atoms. The van der Waals surface area contributed by atoms with Crippen LogP contribution in [0.15, 0.2) is 34.9 Å². The van der Waals surface area contributed by atoms with E-state index in [1.54, 1.807) is 11.6 Å². The predicted molar refractivity (Wildman–Crippen MR) is 89.9 cm³/mol. The summed E-state index contributed by atoms with van der Waals surface area (Å²) in [5, 5.41) is 17.4. The van der Waals surface area contributed by atoms with Gasteiger partial charge in [-0.3, -0.25) is 5.32 Å². The van der Waals surface area contributed by atoms with E-state index in [4.69, 9.17) is 4.52 Å². The van der Waals surface area contributed by atoms with Gasteiger partial charge in [0.2, 0.25) is 5.89 Å². The van der Waals surface area contributed by atoms with Gasteiger partial charge >= 0.3 is 6.03 Å². The number of aryl methyl sites for hydroxylation is 1. The van der Waals surface area contributed by atoms with E-state index in [1.807, 2.05) is 44.2 Å². The molecule has 3 rings (SSSR count). The molecule has 0 fully saturated rings. The Balaban J connectivity index is 1.62. The third-order valence-corrected chi connectivity index (χ3v) is 3.72. The number of hydrogen-bond acceptors (Lipinski definition) is 6. The van der Waals surface area contributed by atoms with Crippen molar-refractivity contribution in [1.82, 2.24) is 30.5 Å². The van der Waals surface area contributed by atoms with Crippen LogP contribution < -0.4 is 10.6 Å². The lowest BCUT2D eigenvalue weighted by atomic mass is 10.1. The van der Waals surface area contributed by atoms with Gasteiger partial charge in [-0.2, -0.15) is 4.98 Å². The highest BCUT2D eigenvalue weighted by Crippen LogP contribution is 2.14. The van der Waals surface area contributed by atoms with E-state index in [-0.39, 0.29) is 12.1 Å². The summed E-state index contributed by atoms with van der Waals surface area (Å²) in [4.78, 5) is 16.3. The summed E-state index contributed by atoms with van der Waals surface area (Å²) in [6.45, 7) is 5.76. The molecule has 2 aromatic heterocycles. The van der Waals surface area contributed by atoms with Crippen LogP contribution in [-0.2, 0) is 6.54 Å². The molecule has 0 spiro atoms. The zero-order valence-corrected chi connectivity index (χ0v) is 14.2. The van der Waals surface area contributed by atoms with E-state index in [1.165, 1.54) is 0 Å². The van der Waals surface area contributed by atoms with Gasteiger partial charge < -0.3 is 9.84 Å². The number of nitrogens with zero attached hydrogens (tertiary/aromatic N) is 5. The number of urea groups is 1. The normalized spacial score (nSPS) is 12.0. The zero-order chi connectivity index (χ0) is 17.8. The molecule has 130 valence electrons. The second-order valence-electron chi connectivity index (χ2n) is 5.64. The summed E-state index contributed by atoms with van der Waals surface area (Å²) in [7, 11) is 0. The number of benzene rings is 1. The average molecular weight is 341 g/mol. The number of anilines is 1. The Kier molecular flexibility index (Phi) is 4.73.